The van der Waals surface area contributed by atoms with E-state index in [4.69, 9.17) is 17.3 Å². The number of carbonyl (C=O) groups is 1. The van der Waals surface area contributed by atoms with Crippen LogP contribution in [0.4, 0.5) is 0 Å². The summed E-state index contributed by atoms with van der Waals surface area (Å²) in [4.78, 5) is 13.4. The number of halogens is 1. The van der Waals surface area contributed by atoms with E-state index >= 15 is 0 Å². The molecule has 5 heteroatoms. The molecule has 0 bridgehead atoms. The zero-order valence-corrected chi connectivity index (χ0v) is 12.8. The maximum Gasteiger partial charge on any atom is 0.225 e. The van der Waals surface area contributed by atoms with E-state index in [1.807, 2.05) is 19.1 Å². The number of thiophene rings is 1. The third kappa shape index (κ3) is 3.94. The van der Waals surface area contributed by atoms with Gasteiger partial charge in [0.15, 0.2) is 0 Å². The lowest BCUT2D eigenvalue weighted by Gasteiger charge is -2.22. The number of nitrogens with one attached hydrogen (secondary N) is 1. The molecule has 1 aliphatic rings. The lowest BCUT2D eigenvalue weighted by Crippen LogP contribution is -2.42. The fraction of sp³-hybridized carbons (Fsp3) is 0.643. The fourth-order valence-corrected chi connectivity index (χ4v) is 3.68. The zero-order valence-electron chi connectivity index (χ0n) is 11.2. The Hall–Kier alpha value is -0.580. The molecule has 1 saturated carbocycles. The minimum absolute atomic E-state index is 0.000420. The van der Waals surface area contributed by atoms with Crippen molar-refractivity contribution in [3.05, 3.63) is 21.3 Å². The summed E-state index contributed by atoms with van der Waals surface area (Å²) in [6.07, 6.45) is 5.29. The van der Waals surface area contributed by atoms with Gasteiger partial charge in [0.2, 0.25) is 5.91 Å². The van der Waals surface area contributed by atoms with Crippen molar-refractivity contribution >= 4 is 28.8 Å². The Balaban J connectivity index is 1.95. The molecule has 19 heavy (non-hydrogen) atoms. The Morgan fingerprint density at radius 1 is 1.42 bits per heavy atom. The smallest absolute Gasteiger partial charge is 0.225 e. The van der Waals surface area contributed by atoms with Gasteiger partial charge in [-0.1, -0.05) is 30.9 Å². The van der Waals surface area contributed by atoms with Crippen LogP contribution < -0.4 is 11.1 Å². The number of carbonyl (C=O) groups excluding carboxylic acids is 1. The molecular weight excluding hydrogens is 280 g/mol. The van der Waals surface area contributed by atoms with Crippen molar-refractivity contribution in [2.75, 3.05) is 0 Å². The summed E-state index contributed by atoms with van der Waals surface area (Å²) in [5, 5.41) is 3.07. The first kappa shape index (κ1) is 14.8. The summed E-state index contributed by atoms with van der Waals surface area (Å²) >= 11 is 7.43. The van der Waals surface area contributed by atoms with Crippen molar-refractivity contribution in [3.63, 3.8) is 0 Å². The zero-order chi connectivity index (χ0) is 13.8. The van der Waals surface area contributed by atoms with Gasteiger partial charge in [-0.3, -0.25) is 4.79 Å². The monoisotopic (exact) mass is 300 g/mol. The lowest BCUT2D eigenvalue weighted by molar-refractivity contribution is -0.126. The van der Waals surface area contributed by atoms with Gasteiger partial charge in [0, 0.05) is 10.9 Å². The predicted molar refractivity (Wildman–Crippen MR) is 80.4 cm³/mol. The first-order valence-electron chi connectivity index (χ1n) is 6.89. The van der Waals surface area contributed by atoms with Gasteiger partial charge in [-0.25, -0.2) is 0 Å². The number of hydrogen-bond donors (Lipinski definition) is 2. The van der Waals surface area contributed by atoms with Crippen LogP contribution in [0.2, 0.25) is 4.34 Å². The van der Waals surface area contributed by atoms with Crippen molar-refractivity contribution in [3.8, 4) is 0 Å². The minimum atomic E-state index is -0.0413. The fourth-order valence-electron chi connectivity index (χ4n) is 2.61. The summed E-state index contributed by atoms with van der Waals surface area (Å²) in [7, 11) is 0. The average Bonchev–Trinajstić information content (AvgIpc) is 2.68. The van der Waals surface area contributed by atoms with Gasteiger partial charge < -0.3 is 11.1 Å². The van der Waals surface area contributed by atoms with Crippen molar-refractivity contribution in [1.82, 2.24) is 5.32 Å². The molecule has 3 atom stereocenters. The van der Waals surface area contributed by atoms with Crippen molar-refractivity contribution < 1.29 is 4.79 Å². The molecule has 0 radical (unpaired) electrons. The molecule has 0 aliphatic heterocycles. The number of hydrogen-bond acceptors (Lipinski definition) is 3. The van der Waals surface area contributed by atoms with Gasteiger partial charge in [-0.15, -0.1) is 11.3 Å². The highest BCUT2D eigenvalue weighted by atomic mass is 35.5. The summed E-state index contributed by atoms with van der Waals surface area (Å²) in [5.74, 6) is 0.0480. The molecule has 1 aromatic rings. The summed E-state index contributed by atoms with van der Waals surface area (Å²) in [6, 6.07) is 3.83. The third-order valence-electron chi connectivity index (χ3n) is 3.79. The number of amides is 1. The molecule has 1 fully saturated rings. The van der Waals surface area contributed by atoms with E-state index in [1.165, 1.54) is 17.8 Å². The molecule has 0 saturated heterocycles. The topological polar surface area (TPSA) is 55.1 Å². The number of rotatable bonds is 3. The van der Waals surface area contributed by atoms with Gasteiger partial charge in [-0.05, 0) is 31.9 Å². The maximum atomic E-state index is 12.3. The Labute approximate surface area is 123 Å². The summed E-state index contributed by atoms with van der Waals surface area (Å²) < 4.78 is 0.752. The van der Waals surface area contributed by atoms with Crippen LogP contribution >= 0.6 is 22.9 Å². The van der Waals surface area contributed by atoms with Crippen molar-refractivity contribution in [2.45, 2.75) is 51.1 Å². The highest BCUT2D eigenvalue weighted by Crippen LogP contribution is 2.28. The van der Waals surface area contributed by atoms with Gasteiger partial charge >= 0.3 is 0 Å². The SMILES string of the molecule is CC(NC(=O)C1CCCCCC1N)c1ccc(Cl)s1. The highest BCUT2D eigenvalue weighted by molar-refractivity contribution is 7.16. The largest absolute Gasteiger partial charge is 0.348 e. The van der Waals surface area contributed by atoms with E-state index < -0.39 is 0 Å². The molecule has 1 aliphatic carbocycles. The molecule has 106 valence electrons. The van der Waals surface area contributed by atoms with Crippen molar-refractivity contribution in [1.29, 1.82) is 0 Å². The Bertz CT molecular complexity index is 435. The molecule has 3 N–H and O–H groups in total. The van der Waals surface area contributed by atoms with Gasteiger partial charge in [0.25, 0.3) is 0 Å². The Kier molecular flexibility index (Phi) is 5.25. The van der Waals surface area contributed by atoms with E-state index in [9.17, 15) is 4.79 Å². The van der Waals surface area contributed by atoms with Crippen LogP contribution in [0.5, 0.6) is 0 Å². The summed E-state index contributed by atoms with van der Waals surface area (Å²) in [5.41, 5.74) is 6.12. The first-order chi connectivity index (χ1) is 9.08. The molecule has 3 nitrogen and oxygen atoms in total. The molecule has 1 amide bonds. The van der Waals surface area contributed by atoms with E-state index in [2.05, 4.69) is 5.32 Å². The minimum Gasteiger partial charge on any atom is -0.348 e. The van der Waals surface area contributed by atoms with E-state index in [0.29, 0.717) is 0 Å². The van der Waals surface area contributed by atoms with Gasteiger partial charge in [0.1, 0.15) is 0 Å². The van der Waals surface area contributed by atoms with Crippen LogP contribution in [0.1, 0.15) is 49.9 Å². The van der Waals surface area contributed by atoms with E-state index in [-0.39, 0.29) is 23.9 Å². The van der Waals surface area contributed by atoms with E-state index in [0.717, 1.165) is 34.9 Å². The van der Waals surface area contributed by atoms with Crippen LogP contribution in [0.25, 0.3) is 0 Å². The van der Waals surface area contributed by atoms with Crippen molar-refractivity contribution in [2.24, 2.45) is 11.7 Å². The standard InChI is InChI=1S/C14H21ClN2OS/c1-9(12-7-8-13(15)19-12)17-14(18)10-5-3-2-4-6-11(10)16/h7-11H,2-6,16H2,1H3,(H,17,18). The molecule has 1 aromatic heterocycles. The Morgan fingerprint density at radius 2 is 2.16 bits per heavy atom. The molecule has 0 spiro atoms. The molecule has 0 aromatic carbocycles. The van der Waals surface area contributed by atoms with Gasteiger partial charge in [-0.2, -0.15) is 0 Å². The molecular formula is C14H21ClN2OS. The van der Waals surface area contributed by atoms with Gasteiger partial charge in [0.05, 0.1) is 16.3 Å². The first-order valence-corrected chi connectivity index (χ1v) is 8.08. The quantitative estimate of drug-likeness (QED) is 0.840. The normalized spacial score (nSPS) is 25.6. The molecule has 2 rings (SSSR count). The van der Waals surface area contributed by atoms with Crippen LogP contribution in [0.15, 0.2) is 12.1 Å². The second-order valence-electron chi connectivity index (χ2n) is 5.28. The maximum absolute atomic E-state index is 12.3. The Morgan fingerprint density at radius 3 is 2.84 bits per heavy atom. The van der Waals surface area contributed by atoms with Crippen LogP contribution in [0.3, 0.4) is 0 Å². The van der Waals surface area contributed by atoms with E-state index in [1.54, 1.807) is 0 Å². The average molecular weight is 301 g/mol. The third-order valence-corrected chi connectivity index (χ3v) is 5.20. The predicted octanol–water partition coefficient (Wildman–Crippen LogP) is 3.49. The molecule has 1 heterocycles. The van der Waals surface area contributed by atoms with Crippen LogP contribution in [-0.2, 0) is 4.79 Å². The van der Waals surface area contributed by atoms with Crippen LogP contribution in [-0.4, -0.2) is 11.9 Å². The number of nitrogens with two attached hydrogens (primary N) is 1. The summed E-state index contributed by atoms with van der Waals surface area (Å²) in [6.45, 7) is 1.99. The lowest BCUT2D eigenvalue weighted by atomic mass is 9.94. The highest BCUT2D eigenvalue weighted by Gasteiger charge is 2.28. The van der Waals surface area contributed by atoms with Crippen LogP contribution in [0, 0.1) is 5.92 Å². The second kappa shape index (κ2) is 6.73. The molecule has 3 unspecified atom stereocenters. The second-order valence-corrected chi connectivity index (χ2v) is 7.03.